The fourth-order valence-electron chi connectivity index (χ4n) is 3.10. The van der Waals surface area contributed by atoms with Crippen LogP contribution in [0.3, 0.4) is 0 Å². The Bertz CT molecular complexity index is 316. The molecule has 2 aliphatic rings. The van der Waals surface area contributed by atoms with E-state index in [1.807, 2.05) is 12.2 Å². The highest BCUT2D eigenvalue weighted by atomic mass is 16.3. The molecule has 0 spiro atoms. The van der Waals surface area contributed by atoms with Crippen molar-refractivity contribution in [3.63, 3.8) is 0 Å². The molecule has 2 rings (SSSR count). The Morgan fingerprint density at radius 3 is 3.20 bits per heavy atom. The lowest BCUT2D eigenvalue weighted by molar-refractivity contribution is -0.135. The molecule has 0 aromatic heterocycles. The first kappa shape index (κ1) is 10.5. The molecule has 0 aromatic rings. The quantitative estimate of drug-likeness (QED) is 0.705. The topological polar surface area (TPSA) is 37.3 Å². The summed E-state index contributed by atoms with van der Waals surface area (Å²) in [6.45, 7) is 3.76. The standard InChI is InChI=1S/C13H18O2/c1-2-7-13-8-6-11(14)9-10(13)4-3-5-12(13)15/h2,6,10,14H,1,3-5,7-9H2/t10-,13-/m1/s1. The number of fused-ring (bicyclic) bond motifs is 1. The van der Waals surface area contributed by atoms with Crippen molar-refractivity contribution in [3.8, 4) is 0 Å². The molecule has 0 unspecified atom stereocenters. The molecule has 82 valence electrons. The highest BCUT2D eigenvalue weighted by molar-refractivity contribution is 5.86. The van der Waals surface area contributed by atoms with Gasteiger partial charge in [-0.3, -0.25) is 4.79 Å². The lowest BCUT2D eigenvalue weighted by Crippen LogP contribution is -2.43. The fourth-order valence-corrected chi connectivity index (χ4v) is 3.10. The Balaban J connectivity index is 2.32. The minimum atomic E-state index is -0.230. The number of aliphatic hydroxyl groups is 1. The smallest absolute Gasteiger partial charge is 0.139 e. The number of hydrogen-bond donors (Lipinski definition) is 1. The van der Waals surface area contributed by atoms with Gasteiger partial charge in [-0.1, -0.05) is 6.08 Å². The van der Waals surface area contributed by atoms with E-state index in [9.17, 15) is 9.90 Å². The predicted molar refractivity (Wildman–Crippen MR) is 59.5 cm³/mol. The van der Waals surface area contributed by atoms with E-state index in [0.717, 1.165) is 19.3 Å². The lowest BCUT2D eigenvalue weighted by Gasteiger charge is -2.44. The number of allylic oxidation sites excluding steroid dienone is 3. The zero-order valence-electron chi connectivity index (χ0n) is 9.04. The number of rotatable bonds is 2. The van der Waals surface area contributed by atoms with Crippen LogP contribution in [0.2, 0.25) is 0 Å². The number of hydrogen-bond acceptors (Lipinski definition) is 2. The molecule has 0 saturated heterocycles. The molecule has 2 atom stereocenters. The van der Waals surface area contributed by atoms with Gasteiger partial charge < -0.3 is 5.11 Å². The van der Waals surface area contributed by atoms with Crippen molar-refractivity contribution in [1.29, 1.82) is 0 Å². The largest absolute Gasteiger partial charge is 0.513 e. The second kappa shape index (κ2) is 3.84. The molecule has 0 aliphatic heterocycles. The summed E-state index contributed by atoms with van der Waals surface area (Å²) in [6, 6.07) is 0. The summed E-state index contributed by atoms with van der Waals surface area (Å²) in [7, 11) is 0. The van der Waals surface area contributed by atoms with Crippen LogP contribution in [0.15, 0.2) is 24.5 Å². The van der Waals surface area contributed by atoms with Crippen molar-refractivity contribution in [3.05, 3.63) is 24.5 Å². The van der Waals surface area contributed by atoms with Crippen LogP contribution < -0.4 is 0 Å². The van der Waals surface area contributed by atoms with Gasteiger partial charge in [0.25, 0.3) is 0 Å². The SMILES string of the molecule is C=CC[C@@]12CC=C(O)C[C@H]1CCCC2=O. The van der Waals surface area contributed by atoms with Gasteiger partial charge in [-0.2, -0.15) is 0 Å². The molecule has 1 fully saturated rings. The summed E-state index contributed by atoms with van der Waals surface area (Å²) in [5.74, 6) is 1.18. The number of aliphatic hydroxyl groups excluding tert-OH is 1. The molecule has 0 bridgehead atoms. The van der Waals surface area contributed by atoms with E-state index in [2.05, 4.69) is 6.58 Å². The van der Waals surface area contributed by atoms with E-state index >= 15 is 0 Å². The second-order valence-corrected chi connectivity index (χ2v) is 4.76. The van der Waals surface area contributed by atoms with Crippen molar-refractivity contribution in [2.24, 2.45) is 11.3 Å². The molecular formula is C13H18O2. The summed E-state index contributed by atoms with van der Waals surface area (Å²) in [4.78, 5) is 12.1. The average Bonchev–Trinajstić information content (AvgIpc) is 2.21. The van der Waals surface area contributed by atoms with Crippen LogP contribution in [0.25, 0.3) is 0 Å². The third-order valence-electron chi connectivity index (χ3n) is 3.96. The molecule has 0 radical (unpaired) electrons. The maximum Gasteiger partial charge on any atom is 0.139 e. The summed E-state index contributed by atoms with van der Waals surface area (Å²) in [5, 5.41) is 9.54. The Morgan fingerprint density at radius 1 is 1.67 bits per heavy atom. The maximum atomic E-state index is 12.1. The van der Waals surface area contributed by atoms with Crippen LogP contribution in [-0.4, -0.2) is 10.9 Å². The van der Waals surface area contributed by atoms with Gasteiger partial charge in [0.05, 0.1) is 5.76 Å². The Kier molecular flexibility index (Phi) is 2.68. The average molecular weight is 206 g/mol. The van der Waals surface area contributed by atoms with Gasteiger partial charge in [0.2, 0.25) is 0 Å². The second-order valence-electron chi connectivity index (χ2n) is 4.76. The zero-order valence-corrected chi connectivity index (χ0v) is 9.04. The first-order valence-corrected chi connectivity index (χ1v) is 5.71. The van der Waals surface area contributed by atoms with Crippen LogP contribution in [0.5, 0.6) is 0 Å². The summed E-state index contributed by atoms with van der Waals surface area (Å²) in [6.07, 6.45) is 8.58. The van der Waals surface area contributed by atoms with Gasteiger partial charge in [-0.15, -0.1) is 6.58 Å². The lowest BCUT2D eigenvalue weighted by atomic mass is 9.59. The van der Waals surface area contributed by atoms with Crippen LogP contribution in [-0.2, 0) is 4.79 Å². The van der Waals surface area contributed by atoms with Gasteiger partial charge in [0.1, 0.15) is 5.78 Å². The number of carbonyl (C=O) groups excluding carboxylic acids is 1. The minimum Gasteiger partial charge on any atom is -0.513 e. The van der Waals surface area contributed by atoms with Gasteiger partial charge >= 0.3 is 0 Å². The van der Waals surface area contributed by atoms with E-state index in [-0.39, 0.29) is 5.41 Å². The minimum absolute atomic E-state index is 0.230. The first-order chi connectivity index (χ1) is 7.19. The van der Waals surface area contributed by atoms with Crippen molar-refractivity contribution in [2.75, 3.05) is 0 Å². The van der Waals surface area contributed by atoms with Crippen LogP contribution in [0.1, 0.15) is 38.5 Å². The van der Waals surface area contributed by atoms with Gasteiger partial charge in [0.15, 0.2) is 0 Å². The summed E-state index contributed by atoms with van der Waals surface area (Å²) >= 11 is 0. The maximum absolute atomic E-state index is 12.1. The molecule has 2 heteroatoms. The third-order valence-corrected chi connectivity index (χ3v) is 3.96. The Labute approximate surface area is 90.7 Å². The highest BCUT2D eigenvalue weighted by Gasteiger charge is 2.47. The van der Waals surface area contributed by atoms with Crippen LogP contribution in [0.4, 0.5) is 0 Å². The Morgan fingerprint density at radius 2 is 2.47 bits per heavy atom. The zero-order chi connectivity index (χ0) is 10.9. The van der Waals surface area contributed by atoms with Crippen molar-refractivity contribution in [2.45, 2.75) is 38.5 Å². The third kappa shape index (κ3) is 1.62. The number of Topliss-reactive ketones (excluding diaryl/α,β-unsaturated/α-hetero) is 1. The molecule has 1 saturated carbocycles. The summed E-state index contributed by atoms with van der Waals surface area (Å²) in [5.41, 5.74) is -0.230. The Hall–Kier alpha value is -1.05. The molecule has 0 aromatic carbocycles. The van der Waals surface area contributed by atoms with Crippen LogP contribution >= 0.6 is 0 Å². The van der Waals surface area contributed by atoms with Crippen LogP contribution in [0, 0.1) is 11.3 Å². The molecule has 0 amide bonds. The van der Waals surface area contributed by atoms with E-state index in [0.29, 0.717) is 36.7 Å². The normalized spacial score (nSPS) is 35.6. The highest BCUT2D eigenvalue weighted by Crippen LogP contribution is 2.49. The van der Waals surface area contributed by atoms with Gasteiger partial charge in [-0.25, -0.2) is 0 Å². The van der Waals surface area contributed by atoms with Crippen molar-refractivity contribution >= 4 is 5.78 Å². The summed E-state index contributed by atoms with van der Waals surface area (Å²) < 4.78 is 0. The fraction of sp³-hybridized carbons (Fsp3) is 0.615. The molecule has 15 heavy (non-hydrogen) atoms. The molecular weight excluding hydrogens is 188 g/mol. The predicted octanol–water partition coefficient (Wildman–Crippen LogP) is 3.15. The number of carbonyl (C=O) groups is 1. The van der Waals surface area contributed by atoms with Crippen molar-refractivity contribution in [1.82, 2.24) is 0 Å². The number of ketones is 1. The van der Waals surface area contributed by atoms with E-state index in [1.165, 1.54) is 0 Å². The van der Waals surface area contributed by atoms with Crippen molar-refractivity contribution < 1.29 is 9.90 Å². The molecule has 2 aliphatic carbocycles. The van der Waals surface area contributed by atoms with E-state index in [4.69, 9.17) is 0 Å². The first-order valence-electron chi connectivity index (χ1n) is 5.71. The van der Waals surface area contributed by atoms with Gasteiger partial charge in [-0.05, 0) is 37.7 Å². The molecule has 0 heterocycles. The van der Waals surface area contributed by atoms with E-state index < -0.39 is 0 Å². The van der Waals surface area contributed by atoms with Gasteiger partial charge in [0, 0.05) is 18.3 Å². The monoisotopic (exact) mass is 206 g/mol. The van der Waals surface area contributed by atoms with E-state index in [1.54, 1.807) is 0 Å². The molecule has 1 N–H and O–H groups in total. The molecule has 2 nitrogen and oxygen atoms in total.